The number of nitrogens with zero attached hydrogens (tertiary/aromatic N) is 2. The van der Waals surface area contributed by atoms with Crippen LogP contribution in [0.4, 0.5) is 0 Å². The van der Waals surface area contributed by atoms with E-state index in [9.17, 15) is 4.79 Å². The second-order valence-corrected chi connectivity index (χ2v) is 7.56. The molecule has 1 amide bonds. The average molecular weight is 382 g/mol. The van der Waals surface area contributed by atoms with E-state index >= 15 is 0 Å². The summed E-state index contributed by atoms with van der Waals surface area (Å²) in [7, 11) is 0. The lowest BCUT2D eigenvalue weighted by Gasteiger charge is -2.42. The molecule has 0 radical (unpaired) electrons. The zero-order valence-electron chi connectivity index (χ0n) is 15.6. The molecule has 6 heteroatoms. The van der Waals surface area contributed by atoms with E-state index < -0.39 is 0 Å². The van der Waals surface area contributed by atoms with Crippen LogP contribution in [0.3, 0.4) is 0 Å². The highest BCUT2D eigenvalue weighted by atomic mass is 35.5. The van der Waals surface area contributed by atoms with Crippen LogP contribution in [-0.2, 0) is 4.79 Å². The molecule has 2 atom stereocenters. The lowest BCUT2D eigenvalue weighted by atomic mass is 9.73. The van der Waals surface area contributed by atoms with E-state index in [4.69, 9.17) is 5.73 Å². The van der Waals surface area contributed by atoms with Gasteiger partial charge in [-0.2, -0.15) is 0 Å². The second kappa shape index (κ2) is 10.8. The number of rotatable bonds is 5. The number of halogens is 2. The largest absolute Gasteiger partial charge is 0.342 e. The minimum absolute atomic E-state index is 0. The summed E-state index contributed by atoms with van der Waals surface area (Å²) in [6.07, 6.45) is 6.59. The Bertz CT molecular complexity index is 367. The van der Waals surface area contributed by atoms with Crippen molar-refractivity contribution in [2.24, 2.45) is 17.6 Å². The van der Waals surface area contributed by atoms with Gasteiger partial charge in [-0.3, -0.25) is 4.79 Å². The van der Waals surface area contributed by atoms with Crippen molar-refractivity contribution in [3.8, 4) is 0 Å². The molecule has 0 aromatic rings. The molecule has 1 saturated carbocycles. The Morgan fingerprint density at radius 3 is 2.21 bits per heavy atom. The summed E-state index contributed by atoms with van der Waals surface area (Å²) in [5, 5.41) is 0. The number of nitrogens with two attached hydrogens (primary N) is 1. The van der Waals surface area contributed by atoms with Gasteiger partial charge in [0, 0.05) is 25.2 Å². The van der Waals surface area contributed by atoms with E-state index in [2.05, 4.69) is 30.6 Å². The molecule has 0 aromatic carbocycles. The van der Waals surface area contributed by atoms with Crippen molar-refractivity contribution in [2.45, 2.75) is 64.8 Å². The highest BCUT2D eigenvalue weighted by Crippen LogP contribution is 2.33. The predicted molar refractivity (Wildman–Crippen MR) is 106 cm³/mol. The third kappa shape index (κ3) is 6.05. The molecule has 0 aromatic heterocycles. The van der Waals surface area contributed by atoms with Crippen LogP contribution in [0, 0.1) is 11.8 Å². The third-order valence-corrected chi connectivity index (χ3v) is 5.89. The van der Waals surface area contributed by atoms with Gasteiger partial charge >= 0.3 is 0 Å². The SMILES string of the molecule is CCN(CC)CC1CCN(C(=O)C2CCCCC2(C)N)CC1.Cl.Cl. The minimum Gasteiger partial charge on any atom is -0.342 e. The number of hydrogen-bond acceptors (Lipinski definition) is 3. The van der Waals surface area contributed by atoms with Crippen LogP contribution in [0.15, 0.2) is 0 Å². The first kappa shape index (κ1) is 24.0. The van der Waals surface area contributed by atoms with Crippen LogP contribution in [0.1, 0.15) is 59.3 Å². The molecule has 0 bridgehead atoms. The van der Waals surface area contributed by atoms with E-state index in [0.29, 0.717) is 5.91 Å². The van der Waals surface area contributed by atoms with Gasteiger partial charge in [-0.15, -0.1) is 24.8 Å². The Kier molecular flexibility index (Phi) is 10.8. The molecule has 1 saturated heterocycles. The molecule has 0 spiro atoms. The summed E-state index contributed by atoms with van der Waals surface area (Å²) in [4.78, 5) is 17.4. The third-order valence-electron chi connectivity index (χ3n) is 5.89. The molecule has 144 valence electrons. The van der Waals surface area contributed by atoms with E-state index in [1.807, 2.05) is 0 Å². The van der Waals surface area contributed by atoms with Crippen LogP contribution in [0.25, 0.3) is 0 Å². The maximum atomic E-state index is 12.8. The number of hydrogen-bond donors (Lipinski definition) is 1. The fourth-order valence-electron chi connectivity index (χ4n) is 4.17. The van der Waals surface area contributed by atoms with Crippen LogP contribution in [0.5, 0.6) is 0 Å². The summed E-state index contributed by atoms with van der Waals surface area (Å²) in [5.74, 6) is 1.12. The second-order valence-electron chi connectivity index (χ2n) is 7.56. The first-order valence-corrected chi connectivity index (χ1v) is 9.28. The summed E-state index contributed by atoms with van der Waals surface area (Å²) in [5.41, 5.74) is 6.11. The molecule has 1 heterocycles. The van der Waals surface area contributed by atoms with Crippen molar-refractivity contribution >= 4 is 30.7 Å². The standard InChI is InChI=1S/C18H35N3O.2ClH/c1-4-20(5-2)14-15-9-12-21(13-10-15)17(22)16-8-6-7-11-18(16,3)19;;/h15-16H,4-14,19H2,1-3H3;2*1H. The van der Waals surface area contributed by atoms with Crippen molar-refractivity contribution in [1.29, 1.82) is 0 Å². The fourth-order valence-corrected chi connectivity index (χ4v) is 4.17. The van der Waals surface area contributed by atoms with Crippen molar-refractivity contribution in [1.82, 2.24) is 9.80 Å². The van der Waals surface area contributed by atoms with Crippen LogP contribution < -0.4 is 5.73 Å². The van der Waals surface area contributed by atoms with Crippen molar-refractivity contribution in [3.63, 3.8) is 0 Å². The smallest absolute Gasteiger partial charge is 0.227 e. The van der Waals surface area contributed by atoms with Gasteiger partial charge in [-0.05, 0) is 51.6 Å². The van der Waals surface area contributed by atoms with Gasteiger partial charge in [0.2, 0.25) is 5.91 Å². The van der Waals surface area contributed by atoms with E-state index in [-0.39, 0.29) is 36.3 Å². The summed E-state index contributed by atoms with van der Waals surface area (Å²) in [6, 6.07) is 0. The highest BCUT2D eigenvalue weighted by molar-refractivity contribution is 5.85. The molecule has 1 aliphatic heterocycles. The Labute approximate surface area is 160 Å². The minimum atomic E-state index is -0.298. The van der Waals surface area contributed by atoms with Crippen molar-refractivity contribution in [2.75, 3.05) is 32.7 Å². The molecule has 24 heavy (non-hydrogen) atoms. The number of carbonyl (C=O) groups is 1. The first-order chi connectivity index (χ1) is 10.5. The molecule has 2 unspecified atom stereocenters. The summed E-state index contributed by atoms with van der Waals surface area (Å²) >= 11 is 0. The van der Waals surface area contributed by atoms with Gasteiger partial charge < -0.3 is 15.5 Å². The van der Waals surface area contributed by atoms with Crippen LogP contribution in [0.2, 0.25) is 0 Å². The van der Waals surface area contributed by atoms with Gasteiger partial charge in [0.1, 0.15) is 0 Å². The molecule has 1 aliphatic carbocycles. The Morgan fingerprint density at radius 2 is 1.71 bits per heavy atom. The molecular weight excluding hydrogens is 345 g/mol. The predicted octanol–water partition coefficient (Wildman–Crippen LogP) is 3.32. The fraction of sp³-hybridized carbons (Fsp3) is 0.944. The highest BCUT2D eigenvalue weighted by Gasteiger charge is 2.40. The lowest BCUT2D eigenvalue weighted by molar-refractivity contribution is -0.140. The first-order valence-electron chi connectivity index (χ1n) is 9.28. The van der Waals surface area contributed by atoms with Gasteiger partial charge in [0.25, 0.3) is 0 Å². The zero-order chi connectivity index (χ0) is 16.2. The molecule has 2 N–H and O–H groups in total. The summed E-state index contributed by atoms with van der Waals surface area (Å²) < 4.78 is 0. The van der Waals surface area contributed by atoms with Gasteiger partial charge in [-0.1, -0.05) is 26.7 Å². The number of likely N-dealkylation sites (tertiary alicyclic amines) is 1. The summed E-state index contributed by atoms with van der Waals surface area (Å²) in [6.45, 7) is 11.8. The Morgan fingerprint density at radius 1 is 1.12 bits per heavy atom. The number of amides is 1. The molecule has 2 rings (SSSR count). The van der Waals surface area contributed by atoms with Crippen molar-refractivity contribution < 1.29 is 4.79 Å². The van der Waals surface area contributed by atoms with Gasteiger partial charge in [0.15, 0.2) is 0 Å². The zero-order valence-corrected chi connectivity index (χ0v) is 17.3. The number of carbonyl (C=O) groups excluding carboxylic acids is 1. The molecule has 2 fully saturated rings. The quantitative estimate of drug-likeness (QED) is 0.794. The average Bonchev–Trinajstić information content (AvgIpc) is 2.52. The Balaban J connectivity index is 0.00000264. The Hall–Kier alpha value is -0.0300. The monoisotopic (exact) mass is 381 g/mol. The van der Waals surface area contributed by atoms with E-state index in [1.54, 1.807) is 0 Å². The van der Waals surface area contributed by atoms with Crippen LogP contribution >= 0.6 is 24.8 Å². The topological polar surface area (TPSA) is 49.6 Å². The maximum absolute atomic E-state index is 12.8. The molecule has 2 aliphatic rings. The van der Waals surface area contributed by atoms with E-state index in [1.165, 1.54) is 13.0 Å². The maximum Gasteiger partial charge on any atom is 0.227 e. The lowest BCUT2D eigenvalue weighted by Crippen LogP contribution is -2.55. The normalized spacial score (nSPS) is 28.2. The number of piperidine rings is 1. The molecule has 4 nitrogen and oxygen atoms in total. The van der Waals surface area contributed by atoms with Gasteiger partial charge in [-0.25, -0.2) is 0 Å². The van der Waals surface area contributed by atoms with Gasteiger partial charge in [0.05, 0.1) is 5.92 Å². The van der Waals surface area contributed by atoms with Crippen LogP contribution in [-0.4, -0.2) is 54.0 Å². The van der Waals surface area contributed by atoms with Crippen molar-refractivity contribution in [3.05, 3.63) is 0 Å². The molecular formula is C18H37Cl2N3O. The van der Waals surface area contributed by atoms with E-state index in [0.717, 1.165) is 64.2 Å².